The van der Waals surface area contributed by atoms with Gasteiger partial charge in [0.25, 0.3) is 5.91 Å². The first-order valence-electron chi connectivity index (χ1n) is 5.43. The van der Waals surface area contributed by atoms with Gasteiger partial charge >= 0.3 is 0 Å². The van der Waals surface area contributed by atoms with Crippen molar-refractivity contribution >= 4 is 37.8 Å². The minimum absolute atomic E-state index is 0.0672. The topological polar surface area (TPSA) is 29.1 Å². The number of rotatable bonds is 3. The third-order valence-electron chi connectivity index (χ3n) is 2.45. The number of hydrogen-bond acceptors (Lipinski definition) is 1. The van der Waals surface area contributed by atoms with Gasteiger partial charge in [-0.05, 0) is 42.0 Å². The lowest BCUT2D eigenvalue weighted by Gasteiger charge is -2.06. The summed E-state index contributed by atoms with van der Waals surface area (Å²) >= 11 is 6.75. The highest BCUT2D eigenvalue weighted by Gasteiger charge is 2.04. The number of carbonyl (C=O) groups excluding carboxylic acids is 1. The van der Waals surface area contributed by atoms with Crippen LogP contribution in [0.1, 0.15) is 15.9 Å². The largest absolute Gasteiger partial charge is 0.348 e. The smallest absolute Gasteiger partial charge is 0.251 e. The molecule has 18 heavy (non-hydrogen) atoms. The highest BCUT2D eigenvalue weighted by Crippen LogP contribution is 2.12. The number of benzene rings is 2. The Morgan fingerprint density at radius 2 is 1.72 bits per heavy atom. The van der Waals surface area contributed by atoms with Crippen molar-refractivity contribution in [3.8, 4) is 0 Å². The lowest BCUT2D eigenvalue weighted by molar-refractivity contribution is 0.0951. The summed E-state index contributed by atoms with van der Waals surface area (Å²) in [5.41, 5.74) is 1.73. The Bertz CT molecular complexity index is 552. The number of hydrogen-bond donors (Lipinski definition) is 1. The van der Waals surface area contributed by atoms with Crippen molar-refractivity contribution < 1.29 is 4.79 Å². The molecule has 4 heteroatoms. The van der Waals surface area contributed by atoms with Crippen molar-refractivity contribution in [2.45, 2.75) is 6.54 Å². The van der Waals surface area contributed by atoms with E-state index in [0.29, 0.717) is 12.1 Å². The third-order valence-corrected chi connectivity index (χ3v) is 3.47. The minimum Gasteiger partial charge on any atom is -0.348 e. The first-order valence-corrected chi connectivity index (χ1v) is 7.02. The van der Waals surface area contributed by atoms with Gasteiger partial charge in [0.2, 0.25) is 0 Å². The molecule has 0 atom stereocenters. The van der Waals surface area contributed by atoms with E-state index in [-0.39, 0.29) is 5.91 Å². The molecule has 92 valence electrons. The summed E-state index contributed by atoms with van der Waals surface area (Å²) in [6.07, 6.45) is 0. The zero-order chi connectivity index (χ0) is 13.0. The van der Waals surface area contributed by atoms with Crippen LogP contribution < -0.4 is 5.32 Å². The Balaban J connectivity index is 1.98. The molecule has 0 bridgehead atoms. The van der Waals surface area contributed by atoms with Crippen LogP contribution in [0, 0.1) is 0 Å². The minimum atomic E-state index is -0.0672. The van der Waals surface area contributed by atoms with Crippen LogP contribution in [0.5, 0.6) is 0 Å². The van der Waals surface area contributed by atoms with Gasteiger partial charge in [-0.25, -0.2) is 0 Å². The molecule has 2 aromatic carbocycles. The normalized spacial score (nSPS) is 10.1. The average molecular weight is 369 g/mol. The maximum absolute atomic E-state index is 11.9. The van der Waals surface area contributed by atoms with Crippen molar-refractivity contribution in [3.63, 3.8) is 0 Å². The van der Waals surface area contributed by atoms with E-state index < -0.39 is 0 Å². The van der Waals surface area contributed by atoms with Crippen molar-refractivity contribution in [3.05, 3.63) is 68.6 Å². The molecule has 0 saturated heterocycles. The molecule has 1 N–H and O–H groups in total. The van der Waals surface area contributed by atoms with E-state index in [0.717, 1.165) is 14.5 Å². The highest BCUT2D eigenvalue weighted by molar-refractivity contribution is 9.10. The molecule has 0 fully saturated rings. The molecular formula is C14H11Br2NO. The summed E-state index contributed by atoms with van der Waals surface area (Å²) in [5.74, 6) is -0.0672. The molecule has 2 aromatic rings. The Kier molecular flexibility index (Phi) is 4.55. The van der Waals surface area contributed by atoms with E-state index in [1.54, 1.807) is 12.1 Å². The second kappa shape index (κ2) is 6.16. The van der Waals surface area contributed by atoms with Crippen LogP contribution in [-0.2, 0) is 6.54 Å². The van der Waals surface area contributed by atoms with Crippen molar-refractivity contribution in [1.29, 1.82) is 0 Å². The third kappa shape index (κ3) is 3.68. The van der Waals surface area contributed by atoms with Crippen LogP contribution in [0.25, 0.3) is 0 Å². The van der Waals surface area contributed by atoms with Gasteiger partial charge in [0.1, 0.15) is 0 Å². The molecule has 2 rings (SSSR count). The van der Waals surface area contributed by atoms with Gasteiger partial charge in [0.15, 0.2) is 0 Å². The monoisotopic (exact) mass is 367 g/mol. The molecule has 2 nitrogen and oxygen atoms in total. The van der Waals surface area contributed by atoms with Crippen molar-refractivity contribution in [2.24, 2.45) is 0 Å². The average Bonchev–Trinajstić information content (AvgIpc) is 2.37. The first-order chi connectivity index (χ1) is 8.65. The van der Waals surface area contributed by atoms with Crippen LogP contribution in [0.2, 0.25) is 0 Å². The predicted molar refractivity (Wildman–Crippen MR) is 79.5 cm³/mol. The van der Waals surface area contributed by atoms with Gasteiger partial charge in [-0.15, -0.1) is 0 Å². The molecule has 0 saturated carbocycles. The van der Waals surface area contributed by atoms with Crippen molar-refractivity contribution in [1.82, 2.24) is 5.32 Å². The Morgan fingerprint density at radius 1 is 1.00 bits per heavy atom. The quantitative estimate of drug-likeness (QED) is 0.866. The number of carbonyl (C=O) groups is 1. The zero-order valence-corrected chi connectivity index (χ0v) is 12.7. The fourth-order valence-electron chi connectivity index (χ4n) is 1.53. The maximum Gasteiger partial charge on any atom is 0.251 e. The molecule has 0 spiro atoms. The lowest BCUT2D eigenvalue weighted by atomic mass is 10.2. The van der Waals surface area contributed by atoms with E-state index in [1.807, 2.05) is 36.4 Å². The number of amides is 1. The fourth-order valence-corrected chi connectivity index (χ4v) is 2.24. The summed E-state index contributed by atoms with van der Waals surface area (Å²) in [4.78, 5) is 11.9. The van der Waals surface area contributed by atoms with Crippen LogP contribution in [-0.4, -0.2) is 5.91 Å². The molecule has 1 amide bonds. The van der Waals surface area contributed by atoms with Crippen LogP contribution in [0.3, 0.4) is 0 Å². The van der Waals surface area contributed by atoms with Gasteiger partial charge in [-0.1, -0.05) is 44.0 Å². The molecule has 0 aliphatic rings. The fraction of sp³-hybridized carbons (Fsp3) is 0.0714. The highest BCUT2D eigenvalue weighted by atomic mass is 79.9. The Hall–Kier alpha value is -1.13. The maximum atomic E-state index is 11.9. The second-order valence-corrected chi connectivity index (χ2v) is 5.65. The van der Waals surface area contributed by atoms with Crippen LogP contribution in [0.15, 0.2) is 57.5 Å². The first kappa shape index (κ1) is 13.3. The van der Waals surface area contributed by atoms with Gasteiger partial charge in [-0.2, -0.15) is 0 Å². The molecule has 0 unspecified atom stereocenters. The Morgan fingerprint density at radius 3 is 2.39 bits per heavy atom. The molecular weight excluding hydrogens is 358 g/mol. The SMILES string of the molecule is O=C(NCc1cccc(Br)c1)c1ccc(Br)cc1. The van der Waals surface area contributed by atoms with Gasteiger partial charge < -0.3 is 5.32 Å². The zero-order valence-electron chi connectivity index (χ0n) is 9.49. The van der Waals surface area contributed by atoms with E-state index in [4.69, 9.17) is 0 Å². The van der Waals surface area contributed by atoms with E-state index in [2.05, 4.69) is 37.2 Å². The molecule has 0 aromatic heterocycles. The lowest BCUT2D eigenvalue weighted by Crippen LogP contribution is -2.22. The van der Waals surface area contributed by atoms with E-state index in [1.165, 1.54) is 0 Å². The number of nitrogens with one attached hydrogen (secondary N) is 1. The summed E-state index contributed by atoms with van der Waals surface area (Å²) in [6.45, 7) is 0.522. The second-order valence-electron chi connectivity index (χ2n) is 3.82. The molecule has 0 radical (unpaired) electrons. The van der Waals surface area contributed by atoms with Crippen molar-refractivity contribution in [2.75, 3.05) is 0 Å². The summed E-state index contributed by atoms with van der Waals surface area (Å²) in [6, 6.07) is 15.2. The summed E-state index contributed by atoms with van der Waals surface area (Å²) in [7, 11) is 0. The van der Waals surface area contributed by atoms with Gasteiger partial charge in [-0.3, -0.25) is 4.79 Å². The van der Waals surface area contributed by atoms with Gasteiger partial charge in [0, 0.05) is 21.1 Å². The standard InChI is InChI=1S/C14H11Br2NO/c15-12-6-4-11(5-7-12)14(18)17-9-10-2-1-3-13(16)8-10/h1-8H,9H2,(H,17,18). The molecule has 0 aliphatic carbocycles. The molecule has 0 aliphatic heterocycles. The van der Waals surface area contributed by atoms with Crippen LogP contribution in [0.4, 0.5) is 0 Å². The van der Waals surface area contributed by atoms with Crippen LogP contribution >= 0.6 is 31.9 Å². The van der Waals surface area contributed by atoms with Gasteiger partial charge in [0.05, 0.1) is 0 Å². The predicted octanol–water partition coefficient (Wildman–Crippen LogP) is 4.14. The van der Waals surface area contributed by atoms with E-state index >= 15 is 0 Å². The summed E-state index contributed by atoms with van der Waals surface area (Å²) in [5, 5.41) is 2.89. The Labute approximate surface area is 123 Å². The molecule has 0 heterocycles. The summed E-state index contributed by atoms with van der Waals surface area (Å²) < 4.78 is 1.98. The van der Waals surface area contributed by atoms with E-state index in [9.17, 15) is 4.79 Å². The number of halogens is 2.